The van der Waals surface area contributed by atoms with E-state index in [9.17, 15) is 30.7 Å². The number of aliphatic carboxylic acids is 1. The fourth-order valence-electron chi connectivity index (χ4n) is 6.17. The Kier molecular flexibility index (Phi) is 12.2. The van der Waals surface area contributed by atoms with Gasteiger partial charge in [-0.05, 0) is 56.9 Å². The standard InChI is InChI=1S/C34H42N2O8S3/c1-26-18-19-28-27(25-26)34(2,20-10-4-7-17-33(37)38)31(35(28)21-11-23-46(39,40)41)15-5-3-6-16-32-36(22-12-24-47(42,43)44)29-13-8-9-14-30(29)45-32/h3,5-6,8-9,13-16,18-19,25H,4,7,10-12,17,20-24H2,1-2H3,(H2-,37,38,39,40,41,42,43,44)/p+1. The molecule has 1 atom stereocenters. The SMILES string of the molecule is Cc1ccc2c(c1)C(C)(CCCCCC(=O)O)/C(=C/C=C/C=C/c1sc3ccccc3[n+]1CCCS(=O)(=O)O)N2CCCS(=O)(=O)O. The molecule has 2 aromatic carbocycles. The highest BCUT2D eigenvalue weighted by atomic mass is 32.2. The summed E-state index contributed by atoms with van der Waals surface area (Å²) < 4.78 is 67.3. The molecule has 1 aliphatic heterocycles. The van der Waals surface area contributed by atoms with Gasteiger partial charge in [-0.15, -0.1) is 0 Å². The van der Waals surface area contributed by atoms with E-state index in [-0.39, 0.29) is 30.8 Å². The highest BCUT2D eigenvalue weighted by Crippen LogP contribution is 2.51. The molecule has 0 bridgehead atoms. The van der Waals surface area contributed by atoms with Crippen LogP contribution in [0.2, 0.25) is 0 Å². The first kappa shape index (κ1) is 36.5. The quantitative estimate of drug-likeness (QED) is 0.0635. The lowest BCUT2D eigenvalue weighted by Gasteiger charge is -2.30. The number of aryl methyl sites for hydroxylation is 2. The number of aromatic nitrogens is 1. The van der Waals surface area contributed by atoms with E-state index in [0.717, 1.165) is 57.0 Å². The van der Waals surface area contributed by atoms with Gasteiger partial charge in [-0.2, -0.15) is 21.4 Å². The molecule has 2 heterocycles. The van der Waals surface area contributed by atoms with Crippen molar-refractivity contribution in [1.29, 1.82) is 0 Å². The number of thiazole rings is 1. The van der Waals surface area contributed by atoms with Crippen molar-refractivity contribution in [3.05, 3.63) is 88.6 Å². The van der Waals surface area contributed by atoms with E-state index < -0.39 is 31.6 Å². The molecule has 3 aromatic rings. The van der Waals surface area contributed by atoms with Gasteiger partial charge in [0.25, 0.3) is 25.2 Å². The molecule has 0 saturated heterocycles. The largest absolute Gasteiger partial charge is 0.481 e. The monoisotopic (exact) mass is 703 g/mol. The summed E-state index contributed by atoms with van der Waals surface area (Å²) >= 11 is 1.58. The van der Waals surface area contributed by atoms with Gasteiger partial charge in [0.2, 0.25) is 5.52 Å². The summed E-state index contributed by atoms with van der Waals surface area (Å²) in [5.41, 5.74) is 4.81. The number of hydrogen-bond acceptors (Lipinski definition) is 7. The van der Waals surface area contributed by atoms with E-state index in [2.05, 4.69) is 17.9 Å². The third-order valence-corrected chi connectivity index (χ3v) is 11.1. The van der Waals surface area contributed by atoms with E-state index in [1.165, 1.54) is 0 Å². The molecule has 4 rings (SSSR count). The molecule has 3 N–H and O–H groups in total. The summed E-state index contributed by atoms with van der Waals surface area (Å²) in [6.45, 7) is 5.03. The van der Waals surface area contributed by atoms with E-state index in [1.807, 2.05) is 78.3 Å². The first-order valence-electron chi connectivity index (χ1n) is 15.7. The van der Waals surface area contributed by atoms with E-state index in [0.29, 0.717) is 19.5 Å². The number of carbonyl (C=O) groups is 1. The van der Waals surface area contributed by atoms with Crippen LogP contribution < -0.4 is 9.47 Å². The smallest absolute Gasteiger partial charge is 0.303 e. The van der Waals surface area contributed by atoms with Gasteiger partial charge >= 0.3 is 5.97 Å². The Morgan fingerprint density at radius 3 is 2.38 bits per heavy atom. The zero-order valence-corrected chi connectivity index (χ0v) is 29.2. The van der Waals surface area contributed by atoms with Crippen molar-refractivity contribution < 1.29 is 40.4 Å². The summed E-state index contributed by atoms with van der Waals surface area (Å²) in [6.07, 6.45) is 13.4. The van der Waals surface area contributed by atoms with Gasteiger partial charge in [-0.1, -0.05) is 72.2 Å². The van der Waals surface area contributed by atoms with Crippen LogP contribution in [0.3, 0.4) is 0 Å². The van der Waals surface area contributed by atoms with Gasteiger partial charge in [0.15, 0.2) is 6.54 Å². The topological polar surface area (TPSA) is 153 Å². The Hall–Kier alpha value is -3.36. The maximum atomic E-state index is 11.5. The number of anilines is 1. The summed E-state index contributed by atoms with van der Waals surface area (Å²) in [6, 6.07) is 14.1. The van der Waals surface area contributed by atoms with Crippen LogP contribution in [0.5, 0.6) is 0 Å². The van der Waals surface area contributed by atoms with Gasteiger partial charge in [-0.3, -0.25) is 13.9 Å². The molecule has 13 heteroatoms. The maximum absolute atomic E-state index is 11.5. The van der Waals surface area contributed by atoms with Crippen LogP contribution in [0.1, 0.15) is 68.0 Å². The van der Waals surface area contributed by atoms with E-state index >= 15 is 0 Å². The zero-order chi connectivity index (χ0) is 34.2. The Morgan fingerprint density at radius 2 is 1.66 bits per heavy atom. The Morgan fingerprint density at radius 1 is 0.936 bits per heavy atom. The number of carboxylic acids is 1. The fourth-order valence-corrected chi connectivity index (χ4v) is 8.26. The van der Waals surface area contributed by atoms with Gasteiger partial charge < -0.3 is 10.0 Å². The Labute approximate surface area is 281 Å². The molecule has 0 radical (unpaired) electrons. The number of para-hydroxylation sites is 1. The van der Waals surface area contributed by atoms with Crippen molar-refractivity contribution in [1.82, 2.24) is 0 Å². The second kappa shape index (κ2) is 15.7. The number of nitrogens with zero attached hydrogens (tertiary/aromatic N) is 2. The molecule has 0 fully saturated rings. The lowest BCUT2D eigenvalue weighted by atomic mass is 9.76. The number of hydrogen-bond donors (Lipinski definition) is 3. The Balaban J connectivity index is 1.63. The average Bonchev–Trinajstić information content (AvgIpc) is 3.43. The molecule has 0 saturated carbocycles. The summed E-state index contributed by atoms with van der Waals surface area (Å²) in [5, 5.41) is 9.99. The maximum Gasteiger partial charge on any atom is 0.303 e. The molecular weight excluding hydrogens is 661 g/mol. The molecule has 0 amide bonds. The van der Waals surface area contributed by atoms with Crippen molar-refractivity contribution in [3.63, 3.8) is 0 Å². The predicted molar refractivity (Wildman–Crippen MR) is 187 cm³/mol. The van der Waals surface area contributed by atoms with Crippen LogP contribution >= 0.6 is 11.3 Å². The first-order chi connectivity index (χ1) is 22.2. The van der Waals surface area contributed by atoms with E-state index in [4.69, 9.17) is 5.11 Å². The molecule has 10 nitrogen and oxygen atoms in total. The second-order valence-corrected chi connectivity index (χ2v) is 16.3. The van der Waals surface area contributed by atoms with E-state index in [1.54, 1.807) is 11.3 Å². The number of benzene rings is 2. The second-order valence-electron chi connectivity index (χ2n) is 12.1. The van der Waals surface area contributed by atoms with Crippen molar-refractivity contribution in [3.8, 4) is 0 Å². The minimum Gasteiger partial charge on any atom is -0.481 e. The van der Waals surface area contributed by atoms with Crippen molar-refractivity contribution in [2.75, 3.05) is 23.0 Å². The van der Waals surface area contributed by atoms with Crippen LogP contribution in [0.25, 0.3) is 16.3 Å². The molecule has 47 heavy (non-hydrogen) atoms. The lowest BCUT2D eigenvalue weighted by Crippen LogP contribution is -2.35. The fraction of sp³-hybridized carbons (Fsp3) is 0.412. The number of allylic oxidation sites excluding steroid dienone is 5. The van der Waals surface area contributed by atoms with Gasteiger partial charge in [0.1, 0.15) is 4.70 Å². The van der Waals surface area contributed by atoms with Gasteiger partial charge in [0.05, 0.1) is 11.5 Å². The number of rotatable bonds is 17. The van der Waals surface area contributed by atoms with Crippen LogP contribution in [0, 0.1) is 6.92 Å². The number of fused-ring (bicyclic) bond motifs is 2. The summed E-state index contributed by atoms with van der Waals surface area (Å²) in [7, 11) is -8.17. The Bertz CT molecular complexity index is 1890. The van der Waals surface area contributed by atoms with Crippen molar-refractivity contribution in [2.24, 2.45) is 0 Å². The highest BCUT2D eigenvalue weighted by Gasteiger charge is 2.42. The molecule has 0 spiro atoms. The number of carboxylic acid groups (broad SMARTS) is 1. The summed E-state index contributed by atoms with van der Waals surface area (Å²) in [5.74, 6) is -1.47. The lowest BCUT2D eigenvalue weighted by molar-refractivity contribution is -0.668. The zero-order valence-electron chi connectivity index (χ0n) is 26.7. The molecule has 0 aliphatic carbocycles. The molecule has 1 aromatic heterocycles. The molecule has 1 aliphatic rings. The highest BCUT2D eigenvalue weighted by molar-refractivity contribution is 7.86. The van der Waals surface area contributed by atoms with Crippen molar-refractivity contribution in [2.45, 2.75) is 70.8 Å². The molecular formula is C34H43N2O8S3+. The minimum atomic E-state index is -4.11. The summed E-state index contributed by atoms with van der Waals surface area (Å²) in [4.78, 5) is 13.2. The molecule has 1 unspecified atom stereocenters. The third kappa shape index (κ3) is 10.1. The normalized spacial score (nSPS) is 17.9. The third-order valence-electron chi connectivity index (χ3n) is 8.38. The minimum absolute atomic E-state index is 0.131. The van der Waals surface area contributed by atoms with Crippen molar-refractivity contribution >= 4 is 59.5 Å². The predicted octanol–water partition coefficient (Wildman–Crippen LogP) is 6.32. The van der Waals surface area contributed by atoms with Gasteiger partial charge in [-0.25, -0.2) is 0 Å². The van der Waals surface area contributed by atoms with Crippen LogP contribution in [0.4, 0.5) is 5.69 Å². The first-order valence-corrected chi connectivity index (χ1v) is 19.7. The number of unbranched alkanes of at least 4 members (excludes halogenated alkanes) is 2. The molecule has 254 valence electrons. The average molecular weight is 704 g/mol. The van der Waals surface area contributed by atoms with Crippen LogP contribution in [-0.4, -0.2) is 55.1 Å². The van der Waals surface area contributed by atoms with Crippen LogP contribution in [-0.2, 0) is 37.0 Å². The van der Waals surface area contributed by atoms with Crippen LogP contribution in [0.15, 0.2) is 72.5 Å². The van der Waals surface area contributed by atoms with Gasteiger partial charge in [0, 0.05) is 48.3 Å².